The maximum absolute atomic E-state index is 12.7. The minimum Gasteiger partial charge on any atom is -0.756 e. The fourth-order valence-electron chi connectivity index (χ4n) is 6.66. The van der Waals surface area contributed by atoms with Crippen LogP contribution in [-0.4, -0.2) is 93.4 Å². The molecule has 0 heterocycles. The van der Waals surface area contributed by atoms with E-state index in [0.717, 1.165) is 64.2 Å². The third-order valence-electron chi connectivity index (χ3n) is 10.3. The van der Waals surface area contributed by atoms with Crippen molar-refractivity contribution in [1.82, 2.24) is 0 Å². The van der Waals surface area contributed by atoms with Gasteiger partial charge in [-0.05, 0) is 44.9 Å². The van der Waals surface area contributed by atoms with Crippen LogP contribution >= 0.6 is 7.82 Å². The van der Waals surface area contributed by atoms with Gasteiger partial charge in [0.05, 0.1) is 6.61 Å². The molecule has 1 aliphatic rings. The van der Waals surface area contributed by atoms with Gasteiger partial charge in [-0.25, -0.2) is 0 Å². The second-order valence-corrected chi connectivity index (χ2v) is 16.9. The van der Waals surface area contributed by atoms with Crippen LogP contribution in [0.5, 0.6) is 0 Å². The Balaban J connectivity index is 0.0000325. The van der Waals surface area contributed by atoms with Crippen molar-refractivity contribution in [2.75, 3.05) is 13.2 Å². The van der Waals surface area contributed by atoms with Gasteiger partial charge in [0.15, 0.2) is 6.10 Å². The van der Waals surface area contributed by atoms with E-state index in [-0.39, 0.29) is 42.4 Å². The number of phosphoric acid groups is 1. The predicted octanol–water partition coefficient (Wildman–Crippen LogP) is 4.43. The molecule has 0 aromatic carbocycles. The number of carbonyl (C=O) groups is 2. The van der Waals surface area contributed by atoms with Crippen LogP contribution in [0, 0.1) is 0 Å². The van der Waals surface area contributed by atoms with E-state index in [0.29, 0.717) is 12.8 Å². The Morgan fingerprint density at radius 2 is 0.966 bits per heavy atom. The number of hydrogen-bond acceptors (Lipinski definition) is 13. The van der Waals surface area contributed by atoms with Gasteiger partial charge in [0, 0.05) is 12.8 Å². The van der Waals surface area contributed by atoms with Gasteiger partial charge in [0.25, 0.3) is 7.82 Å². The molecule has 0 spiro atoms. The van der Waals surface area contributed by atoms with Gasteiger partial charge in [0.1, 0.15) is 43.2 Å². The zero-order valence-electron chi connectivity index (χ0n) is 36.1. The van der Waals surface area contributed by atoms with Crippen LogP contribution in [-0.2, 0) is 32.7 Å². The Kier molecular flexibility index (Phi) is 36.5. The maximum atomic E-state index is 12.7. The second kappa shape index (κ2) is 36.9. The second-order valence-electron chi connectivity index (χ2n) is 15.5. The van der Waals surface area contributed by atoms with Crippen LogP contribution in [0.1, 0.15) is 181 Å². The van der Waals surface area contributed by atoms with Crippen molar-refractivity contribution in [3.63, 3.8) is 0 Å². The number of hydrogen-bond donors (Lipinski definition) is 5. The molecule has 1 saturated carbocycles. The summed E-state index contributed by atoms with van der Waals surface area (Å²) in [5.41, 5.74) is 0. The number of ether oxygens (including phenoxy) is 2. The molecule has 1 aliphatic carbocycles. The Labute approximate surface area is 371 Å². The predicted molar refractivity (Wildman–Crippen MR) is 219 cm³/mol. The Morgan fingerprint density at radius 1 is 0.569 bits per heavy atom. The first-order valence-corrected chi connectivity index (χ1v) is 23.6. The number of aliphatic hydroxyl groups excluding tert-OH is 5. The summed E-state index contributed by atoms with van der Waals surface area (Å²) in [6.07, 6.45) is 21.9. The number of aliphatic hydroxyl groups is 5. The molecule has 0 saturated heterocycles. The molecule has 334 valence electrons. The van der Waals surface area contributed by atoms with Gasteiger partial charge in [0.2, 0.25) is 0 Å². The molecule has 1 fully saturated rings. The molecule has 0 radical (unpaired) electrons. The standard InChI is InChI=1S/C43H79O13P.Na/c1-3-5-7-9-11-13-15-17-18-20-22-24-26-28-30-32-37(45)55-35(34-54-57(51,52)56-43-41(49)39(47)38(46)40(48)42(43)50)33-53-36(44)31-29-27-25-23-21-19-16-14-12-10-8-6-4-2;/h11,13,17-18,35,38-43,46-50H,3-10,12,14-16,19-34H2,1-2H3,(H,51,52);/q;+1/p-1/b13-11+,18-17+;/t35-,38?,39-,40+,41-,42-,43?;/m1./s1. The minimum absolute atomic E-state index is 0. The maximum Gasteiger partial charge on any atom is 1.00 e. The molecule has 5 N–H and O–H groups in total. The van der Waals surface area contributed by atoms with Crippen LogP contribution in [0.4, 0.5) is 0 Å². The van der Waals surface area contributed by atoms with E-state index in [9.17, 15) is 44.6 Å². The number of esters is 2. The molecule has 0 bridgehead atoms. The quantitative estimate of drug-likeness (QED) is 0.0194. The van der Waals surface area contributed by atoms with Gasteiger partial charge in [-0.1, -0.05) is 147 Å². The first-order chi connectivity index (χ1) is 27.4. The summed E-state index contributed by atoms with van der Waals surface area (Å²) in [7, 11) is -5.36. The number of rotatable bonds is 36. The van der Waals surface area contributed by atoms with Crippen molar-refractivity contribution in [3.05, 3.63) is 24.3 Å². The molecule has 15 heteroatoms. The first-order valence-electron chi connectivity index (χ1n) is 22.1. The van der Waals surface area contributed by atoms with Crippen LogP contribution in [0.2, 0.25) is 0 Å². The summed E-state index contributed by atoms with van der Waals surface area (Å²) in [6, 6.07) is 0. The van der Waals surface area contributed by atoms with Crippen molar-refractivity contribution in [2.24, 2.45) is 0 Å². The molecule has 1 rings (SSSR count). The summed E-state index contributed by atoms with van der Waals surface area (Å²) in [4.78, 5) is 37.9. The van der Waals surface area contributed by atoms with Crippen LogP contribution in [0.3, 0.4) is 0 Å². The fourth-order valence-corrected chi connectivity index (χ4v) is 7.62. The summed E-state index contributed by atoms with van der Waals surface area (Å²) in [6.45, 7) is 3.16. The molecule has 0 aliphatic heterocycles. The molecule has 58 heavy (non-hydrogen) atoms. The Hall–Kier alpha value is -0.670. The largest absolute Gasteiger partial charge is 1.00 e. The fraction of sp³-hybridized carbons (Fsp3) is 0.860. The van der Waals surface area contributed by atoms with Gasteiger partial charge >= 0.3 is 41.5 Å². The van der Waals surface area contributed by atoms with Crippen molar-refractivity contribution in [2.45, 2.75) is 224 Å². The van der Waals surface area contributed by atoms with Crippen LogP contribution in [0.25, 0.3) is 0 Å². The Bertz CT molecular complexity index is 1110. The summed E-state index contributed by atoms with van der Waals surface area (Å²) < 4.78 is 33.1. The van der Waals surface area contributed by atoms with Crippen molar-refractivity contribution >= 4 is 19.8 Å². The average molecular weight is 857 g/mol. The molecule has 8 atom stereocenters. The third kappa shape index (κ3) is 28.8. The monoisotopic (exact) mass is 857 g/mol. The van der Waals surface area contributed by atoms with Gasteiger partial charge < -0.3 is 48.9 Å². The smallest absolute Gasteiger partial charge is 0.756 e. The Morgan fingerprint density at radius 3 is 1.47 bits per heavy atom. The van der Waals surface area contributed by atoms with Gasteiger partial charge in [-0.15, -0.1) is 0 Å². The van der Waals surface area contributed by atoms with Crippen molar-refractivity contribution in [3.8, 4) is 0 Å². The molecular weight excluding hydrogens is 778 g/mol. The number of allylic oxidation sites excluding steroid dienone is 4. The molecule has 0 aromatic rings. The molecule has 0 amide bonds. The zero-order chi connectivity index (χ0) is 42.2. The molecular formula is C43H78NaO13P. The van der Waals surface area contributed by atoms with E-state index in [1.54, 1.807) is 0 Å². The summed E-state index contributed by atoms with van der Waals surface area (Å²) in [5.74, 6) is -1.15. The van der Waals surface area contributed by atoms with Gasteiger partial charge in [-0.3, -0.25) is 14.2 Å². The summed E-state index contributed by atoms with van der Waals surface area (Å²) >= 11 is 0. The van der Waals surface area contributed by atoms with Crippen LogP contribution in [0.15, 0.2) is 24.3 Å². The van der Waals surface area contributed by atoms with Gasteiger partial charge in [-0.2, -0.15) is 0 Å². The topological polar surface area (TPSA) is 212 Å². The van der Waals surface area contributed by atoms with E-state index in [2.05, 4.69) is 38.2 Å². The van der Waals surface area contributed by atoms with E-state index >= 15 is 0 Å². The SMILES string of the molecule is CCCCC/C=C/C/C=C/CCCCCCCC(=O)O[C@H](COC(=O)CCCCCCCCCCCCCCC)COP(=O)([O-])OC1[C@H](O)[C@H](O)C(O)[C@H](O)[C@H]1O.[Na+]. The third-order valence-corrected chi connectivity index (χ3v) is 11.3. The van der Waals surface area contributed by atoms with E-state index in [4.69, 9.17) is 18.5 Å². The normalized spacial score (nSPS) is 22.5. The van der Waals surface area contributed by atoms with E-state index in [1.807, 2.05) is 0 Å². The average Bonchev–Trinajstić information content (AvgIpc) is 3.19. The molecule has 0 aromatic heterocycles. The zero-order valence-corrected chi connectivity index (χ0v) is 39.0. The first kappa shape index (κ1) is 57.3. The molecule has 3 unspecified atom stereocenters. The number of phosphoric ester groups is 1. The van der Waals surface area contributed by atoms with E-state index in [1.165, 1.54) is 77.0 Å². The summed E-state index contributed by atoms with van der Waals surface area (Å²) in [5, 5.41) is 49.9. The van der Waals surface area contributed by atoms with Crippen molar-refractivity contribution < 1.29 is 92.7 Å². The molecule has 13 nitrogen and oxygen atoms in total. The number of unbranched alkanes of at least 4 members (excludes halogenated alkanes) is 20. The minimum atomic E-state index is -5.36. The van der Waals surface area contributed by atoms with Crippen LogP contribution < -0.4 is 34.5 Å². The van der Waals surface area contributed by atoms with Crippen molar-refractivity contribution in [1.29, 1.82) is 0 Å². The number of carbonyl (C=O) groups excluding carboxylic acids is 2. The van der Waals surface area contributed by atoms with E-state index < -0.39 is 75.7 Å².